The van der Waals surface area contributed by atoms with Crippen LogP contribution in [0.25, 0.3) is 0 Å². The Hall–Kier alpha value is -0.795. The monoisotopic (exact) mass is 275 g/mol. The quantitative estimate of drug-likeness (QED) is 0.775. The van der Waals surface area contributed by atoms with Gasteiger partial charge in [-0.1, -0.05) is 43.6 Å². The summed E-state index contributed by atoms with van der Waals surface area (Å²) in [5, 5.41) is 10.0. The predicted molar refractivity (Wildman–Crippen MR) is 86.5 cm³/mol. The van der Waals surface area contributed by atoms with Gasteiger partial charge in [0, 0.05) is 0 Å². The Labute approximate surface area is 124 Å². The molecule has 1 radical (unpaired) electrons. The van der Waals surface area contributed by atoms with E-state index in [1.54, 1.807) is 21.3 Å². The van der Waals surface area contributed by atoms with Crippen molar-refractivity contribution in [2.24, 2.45) is 5.92 Å². The fraction of sp³-hybridized carbons (Fsp3) is 0.647. The van der Waals surface area contributed by atoms with Crippen molar-refractivity contribution in [3.05, 3.63) is 29.8 Å². The highest BCUT2D eigenvalue weighted by atomic mass is 16.5. The zero-order valence-corrected chi connectivity index (χ0v) is 13.7. The number of aliphatic hydroxyl groups is 1. The first-order chi connectivity index (χ1) is 9.12. The molecule has 1 aromatic carbocycles. The highest BCUT2D eigenvalue weighted by molar-refractivity contribution is 6.47. The van der Waals surface area contributed by atoms with E-state index in [2.05, 4.69) is 38.1 Å². The Kier molecular flexibility index (Phi) is 5.84. The molecule has 0 amide bonds. The van der Waals surface area contributed by atoms with Crippen LogP contribution in [-0.4, -0.2) is 23.8 Å². The number of rotatable bonds is 7. The molecule has 1 rings (SSSR count). The molecule has 0 aliphatic rings. The molecule has 0 fully saturated rings. The van der Waals surface area contributed by atoms with Crippen molar-refractivity contribution in [3.8, 4) is 0 Å². The van der Waals surface area contributed by atoms with E-state index in [1.807, 2.05) is 13.8 Å². The van der Waals surface area contributed by atoms with Gasteiger partial charge in [-0.2, -0.15) is 0 Å². The second-order valence-electron chi connectivity index (χ2n) is 6.98. The van der Waals surface area contributed by atoms with Crippen LogP contribution in [-0.2, 0) is 11.1 Å². The van der Waals surface area contributed by atoms with Crippen LogP contribution in [0.15, 0.2) is 24.3 Å². The molecule has 0 aliphatic carbocycles. The maximum atomic E-state index is 10.0. The summed E-state index contributed by atoms with van der Waals surface area (Å²) < 4.78 is 5.74. The summed E-state index contributed by atoms with van der Waals surface area (Å²) in [6, 6.07) is 8.43. The highest BCUT2D eigenvalue weighted by Crippen LogP contribution is 2.24. The first-order valence-corrected chi connectivity index (χ1v) is 7.44. The molecule has 0 aliphatic heterocycles. The van der Waals surface area contributed by atoms with Crippen LogP contribution < -0.4 is 5.46 Å². The molecular weight excluding hydrogens is 247 g/mol. The summed E-state index contributed by atoms with van der Waals surface area (Å²) >= 11 is 0. The lowest BCUT2D eigenvalue weighted by Crippen LogP contribution is -2.49. The zero-order valence-electron chi connectivity index (χ0n) is 13.7. The minimum absolute atomic E-state index is 0.622. The molecule has 20 heavy (non-hydrogen) atoms. The van der Waals surface area contributed by atoms with Crippen LogP contribution in [0.1, 0.15) is 53.5 Å². The maximum Gasteiger partial charge on any atom is 0.330 e. The minimum Gasteiger partial charge on any atom is -0.427 e. The van der Waals surface area contributed by atoms with Crippen molar-refractivity contribution >= 4 is 12.9 Å². The second-order valence-corrected chi connectivity index (χ2v) is 6.98. The molecule has 111 valence electrons. The molecule has 3 heteroatoms. The van der Waals surface area contributed by atoms with E-state index in [0.29, 0.717) is 0 Å². The molecule has 1 N–H and O–H groups in total. The van der Waals surface area contributed by atoms with Gasteiger partial charge < -0.3 is 9.76 Å². The molecule has 0 saturated heterocycles. The molecule has 0 saturated carbocycles. The van der Waals surface area contributed by atoms with Crippen molar-refractivity contribution in [1.29, 1.82) is 0 Å². The summed E-state index contributed by atoms with van der Waals surface area (Å²) in [5.74, 6) is 0.733. The molecule has 0 heterocycles. The van der Waals surface area contributed by atoms with Crippen molar-refractivity contribution in [2.75, 3.05) is 0 Å². The van der Waals surface area contributed by atoms with E-state index in [9.17, 15) is 5.11 Å². The maximum absolute atomic E-state index is 10.0. The van der Waals surface area contributed by atoms with Crippen molar-refractivity contribution in [1.82, 2.24) is 0 Å². The van der Waals surface area contributed by atoms with Gasteiger partial charge in [-0.15, -0.1) is 0 Å². The smallest absolute Gasteiger partial charge is 0.330 e. The molecule has 2 nitrogen and oxygen atoms in total. The normalized spacial score (nSPS) is 12.8. The van der Waals surface area contributed by atoms with Gasteiger partial charge in [-0.3, -0.25) is 0 Å². The molecule has 0 aromatic heterocycles. The SMILES string of the molecule is CC(C)CCc1ccc([B]OC(C)(C)C(C)(C)O)cc1. The Morgan fingerprint density at radius 3 is 2.10 bits per heavy atom. The van der Waals surface area contributed by atoms with E-state index < -0.39 is 11.2 Å². The fourth-order valence-electron chi connectivity index (χ4n) is 1.58. The Balaban J connectivity index is 2.54. The van der Waals surface area contributed by atoms with E-state index in [-0.39, 0.29) is 0 Å². The summed E-state index contributed by atoms with van der Waals surface area (Å²) in [7, 11) is 1.73. The topological polar surface area (TPSA) is 29.5 Å². The summed E-state index contributed by atoms with van der Waals surface area (Å²) in [4.78, 5) is 0. The number of hydrogen-bond donors (Lipinski definition) is 1. The standard InChI is InChI=1S/C17H28BO2/c1-13(2)7-8-14-9-11-15(12-10-14)18-20-17(5,6)16(3,4)19/h9-13,19H,7-8H2,1-6H3. The van der Waals surface area contributed by atoms with Gasteiger partial charge in [0.1, 0.15) is 0 Å². The Bertz CT molecular complexity index is 402. The molecule has 0 unspecified atom stereocenters. The third kappa shape index (κ3) is 5.30. The first kappa shape index (κ1) is 17.3. The van der Waals surface area contributed by atoms with Crippen LogP contribution in [0.5, 0.6) is 0 Å². The Morgan fingerprint density at radius 2 is 1.65 bits per heavy atom. The van der Waals surface area contributed by atoms with Gasteiger partial charge in [0.25, 0.3) is 0 Å². The van der Waals surface area contributed by atoms with E-state index >= 15 is 0 Å². The van der Waals surface area contributed by atoms with E-state index in [4.69, 9.17) is 4.65 Å². The molecule has 1 aromatic rings. The largest absolute Gasteiger partial charge is 0.427 e. The third-order valence-corrected chi connectivity index (χ3v) is 3.95. The zero-order chi connectivity index (χ0) is 15.4. The van der Waals surface area contributed by atoms with E-state index in [1.165, 1.54) is 12.0 Å². The average molecular weight is 275 g/mol. The predicted octanol–water partition coefficient (Wildman–Crippen LogP) is 3.09. The lowest BCUT2D eigenvalue weighted by Gasteiger charge is -2.37. The van der Waals surface area contributed by atoms with Crippen molar-refractivity contribution < 1.29 is 9.76 Å². The minimum atomic E-state index is -0.888. The first-order valence-electron chi connectivity index (χ1n) is 7.44. The van der Waals surface area contributed by atoms with Gasteiger partial charge in [0.05, 0.1) is 11.2 Å². The number of aryl methyl sites for hydroxylation is 1. The van der Waals surface area contributed by atoms with Crippen molar-refractivity contribution in [3.63, 3.8) is 0 Å². The summed E-state index contributed by atoms with van der Waals surface area (Å²) in [5.41, 5.74) is 0.873. The molecular formula is C17H28BO2. The second kappa shape index (κ2) is 6.77. The fourth-order valence-corrected chi connectivity index (χ4v) is 1.58. The van der Waals surface area contributed by atoms with Gasteiger partial charge in [0.2, 0.25) is 0 Å². The summed E-state index contributed by atoms with van der Waals surface area (Å²) in [6.45, 7) is 11.8. The number of hydrogen-bond acceptors (Lipinski definition) is 2. The Morgan fingerprint density at radius 1 is 1.10 bits per heavy atom. The van der Waals surface area contributed by atoms with Crippen LogP contribution in [0.2, 0.25) is 0 Å². The highest BCUT2D eigenvalue weighted by Gasteiger charge is 2.35. The van der Waals surface area contributed by atoms with Crippen LogP contribution in [0.3, 0.4) is 0 Å². The third-order valence-electron chi connectivity index (χ3n) is 3.95. The number of benzene rings is 1. The summed E-state index contributed by atoms with van der Waals surface area (Å²) in [6.07, 6.45) is 2.33. The van der Waals surface area contributed by atoms with Crippen molar-refractivity contribution in [2.45, 2.75) is 65.6 Å². The van der Waals surface area contributed by atoms with Gasteiger partial charge >= 0.3 is 7.48 Å². The van der Waals surface area contributed by atoms with Crippen LogP contribution in [0.4, 0.5) is 0 Å². The van der Waals surface area contributed by atoms with Crippen LogP contribution in [0, 0.1) is 5.92 Å². The lowest BCUT2D eigenvalue weighted by molar-refractivity contribution is -0.0893. The molecule has 0 bridgehead atoms. The lowest BCUT2D eigenvalue weighted by atomic mass is 9.82. The molecule has 0 spiro atoms. The van der Waals surface area contributed by atoms with Gasteiger partial charge in [0.15, 0.2) is 0 Å². The van der Waals surface area contributed by atoms with Gasteiger partial charge in [-0.25, -0.2) is 0 Å². The average Bonchev–Trinajstić information content (AvgIpc) is 2.34. The van der Waals surface area contributed by atoms with E-state index in [0.717, 1.165) is 17.8 Å². The molecule has 0 atom stereocenters. The van der Waals surface area contributed by atoms with Gasteiger partial charge in [-0.05, 0) is 52.0 Å². The van der Waals surface area contributed by atoms with Crippen LogP contribution >= 0.6 is 0 Å².